The lowest BCUT2D eigenvalue weighted by molar-refractivity contribution is 0.364. The van der Waals surface area contributed by atoms with E-state index in [1.807, 2.05) is 0 Å². The summed E-state index contributed by atoms with van der Waals surface area (Å²) in [7, 11) is 4.71. The predicted octanol–water partition coefficient (Wildman–Crippen LogP) is 5.00. The Morgan fingerprint density at radius 1 is 0.519 bits per heavy atom. The molecule has 0 atom stereocenters. The highest BCUT2D eigenvalue weighted by Crippen LogP contribution is 2.44. The zero-order valence-corrected chi connectivity index (χ0v) is 15.3. The standard InChI is InChI=1S/C21H20O6/c1-23-14-4-8-16(9-5-14)26-19-12-18(25-3)13-20(21(19)22)27-17-10-6-15(24-2)7-11-17/h4-13,22H,1-3H3. The van der Waals surface area contributed by atoms with Crippen molar-refractivity contribution in [3.63, 3.8) is 0 Å². The first-order valence-electron chi connectivity index (χ1n) is 8.17. The first kappa shape index (κ1) is 18.3. The summed E-state index contributed by atoms with van der Waals surface area (Å²) in [6.07, 6.45) is 0. The Labute approximate surface area is 157 Å². The molecule has 140 valence electrons. The molecular formula is C21H20O6. The van der Waals surface area contributed by atoms with E-state index in [0.29, 0.717) is 28.7 Å². The minimum absolute atomic E-state index is 0.137. The fraction of sp³-hybridized carbons (Fsp3) is 0.143. The van der Waals surface area contributed by atoms with Gasteiger partial charge in [-0.05, 0) is 48.5 Å². The van der Waals surface area contributed by atoms with Gasteiger partial charge in [-0.15, -0.1) is 0 Å². The Hall–Kier alpha value is -3.54. The molecule has 0 aliphatic rings. The van der Waals surface area contributed by atoms with Gasteiger partial charge in [-0.1, -0.05) is 0 Å². The van der Waals surface area contributed by atoms with E-state index in [1.54, 1.807) is 74.9 Å². The summed E-state index contributed by atoms with van der Waals surface area (Å²) in [5.41, 5.74) is 0. The molecule has 0 bridgehead atoms. The SMILES string of the molecule is COc1ccc(Oc2cc(OC)cc(Oc3ccc(OC)cc3)c2O)cc1. The van der Waals surface area contributed by atoms with Crippen molar-refractivity contribution in [1.29, 1.82) is 0 Å². The lowest BCUT2D eigenvalue weighted by Gasteiger charge is -2.14. The minimum Gasteiger partial charge on any atom is -0.502 e. The lowest BCUT2D eigenvalue weighted by Crippen LogP contribution is -1.92. The smallest absolute Gasteiger partial charge is 0.202 e. The topological polar surface area (TPSA) is 66.4 Å². The molecule has 0 fully saturated rings. The molecule has 0 radical (unpaired) electrons. The Morgan fingerprint density at radius 3 is 1.19 bits per heavy atom. The van der Waals surface area contributed by atoms with E-state index < -0.39 is 0 Å². The summed E-state index contributed by atoms with van der Waals surface area (Å²) in [5.74, 6) is 3.26. The van der Waals surface area contributed by atoms with Gasteiger partial charge in [0.15, 0.2) is 11.5 Å². The van der Waals surface area contributed by atoms with Crippen LogP contribution in [0.25, 0.3) is 0 Å². The van der Waals surface area contributed by atoms with Crippen LogP contribution in [0.2, 0.25) is 0 Å². The van der Waals surface area contributed by atoms with Gasteiger partial charge in [0.2, 0.25) is 5.75 Å². The van der Waals surface area contributed by atoms with Gasteiger partial charge in [0.25, 0.3) is 0 Å². The van der Waals surface area contributed by atoms with E-state index in [-0.39, 0.29) is 17.2 Å². The van der Waals surface area contributed by atoms with E-state index in [9.17, 15) is 5.11 Å². The number of ether oxygens (including phenoxy) is 5. The van der Waals surface area contributed by atoms with Gasteiger partial charge >= 0.3 is 0 Å². The third kappa shape index (κ3) is 4.36. The summed E-state index contributed by atoms with van der Waals surface area (Å²) in [6.45, 7) is 0. The summed E-state index contributed by atoms with van der Waals surface area (Å²) in [4.78, 5) is 0. The van der Waals surface area contributed by atoms with Crippen LogP contribution in [0.15, 0.2) is 60.7 Å². The van der Waals surface area contributed by atoms with E-state index >= 15 is 0 Å². The molecule has 0 aliphatic carbocycles. The summed E-state index contributed by atoms with van der Waals surface area (Å²) in [6, 6.07) is 17.2. The Morgan fingerprint density at radius 2 is 0.852 bits per heavy atom. The molecule has 3 rings (SSSR count). The molecule has 0 unspecified atom stereocenters. The van der Waals surface area contributed by atoms with Crippen molar-refractivity contribution >= 4 is 0 Å². The van der Waals surface area contributed by atoms with E-state index in [0.717, 1.165) is 0 Å². The van der Waals surface area contributed by atoms with Gasteiger partial charge in [-0.3, -0.25) is 0 Å². The van der Waals surface area contributed by atoms with Gasteiger partial charge in [0.1, 0.15) is 28.7 Å². The predicted molar refractivity (Wildman–Crippen MR) is 101 cm³/mol. The van der Waals surface area contributed by atoms with Crippen LogP contribution >= 0.6 is 0 Å². The van der Waals surface area contributed by atoms with Crippen LogP contribution in [0.3, 0.4) is 0 Å². The first-order valence-corrected chi connectivity index (χ1v) is 8.17. The van der Waals surface area contributed by atoms with Crippen molar-refractivity contribution in [2.24, 2.45) is 0 Å². The van der Waals surface area contributed by atoms with Gasteiger partial charge in [0, 0.05) is 12.1 Å². The molecule has 6 nitrogen and oxygen atoms in total. The largest absolute Gasteiger partial charge is 0.502 e. The fourth-order valence-electron chi connectivity index (χ4n) is 2.37. The zero-order chi connectivity index (χ0) is 19.2. The highest BCUT2D eigenvalue weighted by Gasteiger charge is 2.15. The van der Waals surface area contributed by atoms with Crippen molar-refractivity contribution < 1.29 is 28.8 Å². The lowest BCUT2D eigenvalue weighted by atomic mass is 10.2. The quantitative estimate of drug-likeness (QED) is 0.633. The van der Waals surface area contributed by atoms with Crippen LogP contribution in [0.4, 0.5) is 0 Å². The van der Waals surface area contributed by atoms with Crippen LogP contribution in [0.1, 0.15) is 0 Å². The number of methoxy groups -OCH3 is 3. The first-order chi connectivity index (χ1) is 13.1. The average molecular weight is 368 g/mol. The zero-order valence-electron chi connectivity index (χ0n) is 15.3. The van der Waals surface area contributed by atoms with Crippen LogP contribution in [0, 0.1) is 0 Å². The molecule has 3 aromatic rings. The average Bonchev–Trinajstić information content (AvgIpc) is 2.72. The Bertz CT molecular complexity index is 817. The molecule has 1 N–H and O–H groups in total. The summed E-state index contributed by atoms with van der Waals surface area (Å²) >= 11 is 0. The van der Waals surface area contributed by atoms with Gasteiger partial charge < -0.3 is 28.8 Å². The number of phenolic OH excluding ortho intramolecular Hbond substituents is 1. The maximum Gasteiger partial charge on any atom is 0.202 e. The summed E-state index contributed by atoms with van der Waals surface area (Å²) in [5, 5.41) is 10.6. The molecule has 0 saturated heterocycles. The number of aromatic hydroxyl groups is 1. The van der Waals surface area contributed by atoms with Crippen LogP contribution in [0.5, 0.6) is 46.0 Å². The molecule has 3 aromatic carbocycles. The monoisotopic (exact) mass is 368 g/mol. The molecule has 0 aliphatic heterocycles. The number of phenols is 1. The fourth-order valence-corrected chi connectivity index (χ4v) is 2.37. The van der Waals surface area contributed by atoms with E-state index in [1.165, 1.54) is 7.11 Å². The molecule has 0 spiro atoms. The van der Waals surface area contributed by atoms with Crippen molar-refractivity contribution in [3.05, 3.63) is 60.7 Å². The molecule has 6 heteroatoms. The summed E-state index contributed by atoms with van der Waals surface area (Å²) < 4.78 is 27.1. The van der Waals surface area contributed by atoms with Gasteiger partial charge in [-0.25, -0.2) is 0 Å². The second-order valence-corrected chi connectivity index (χ2v) is 5.53. The Kier molecular flexibility index (Phi) is 5.56. The van der Waals surface area contributed by atoms with Crippen LogP contribution in [-0.4, -0.2) is 26.4 Å². The second kappa shape index (κ2) is 8.23. The molecular weight excluding hydrogens is 348 g/mol. The molecule has 0 saturated carbocycles. The molecule has 27 heavy (non-hydrogen) atoms. The van der Waals surface area contributed by atoms with Crippen LogP contribution in [-0.2, 0) is 0 Å². The number of rotatable bonds is 7. The third-order valence-electron chi connectivity index (χ3n) is 3.82. The van der Waals surface area contributed by atoms with E-state index in [2.05, 4.69) is 0 Å². The molecule has 0 aromatic heterocycles. The van der Waals surface area contributed by atoms with Crippen molar-refractivity contribution in [2.45, 2.75) is 0 Å². The maximum atomic E-state index is 10.6. The van der Waals surface area contributed by atoms with Gasteiger partial charge in [0.05, 0.1) is 21.3 Å². The number of benzene rings is 3. The van der Waals surface area contributed by atoms with E-state index in [4.69, 9.17) is 23.7 Å². The van der Waals surface area contributed by atoms with Crippen molar-refractivity contribution in [1.82, 2.24) is 0 Å². The number of hydrogen-bond donors (Lipinski definition) is 1. The number of hydrogen-bond acceptors (Lipinski definition) is 6. The molecule has 0 heterocycles. The minimum atomic E-state index is -0.137. The van der Waals surface area contributed by atoms with Crippen molar-refractivity contribution in [3.8, 4) is 46.0 Å². The van der Waals surface area contributed by atoms with Gasteiger partial charge in [-0.2, -0.15) is 0 Å². The highest BCUT2D eigenvalue weighted by molar-refractivity contribution is 5.57. The van der Waals surface area contributed by atoms with Crippen LogP contribution < -0.4 is 23.7 Å². The normalized spacial score (nSPS) is 10.2. The second-order valence-electron chi connectivity index (χ2n) is 5.53. The third-order valence-corrected chi connectivity index (χ3v) is 3.82. The highest BCUT2D eigenvalue weighted by atomic mass is 16.5. The Balaban J connectivity index is 1.88. The molecule has 0 amide bonds. The van der Waals surface area contributed by atoms with Crippen molar-refractivity contribution in [2.75, 3.05) is 21.3 Å². The maximum absolute atomic E-state index is 10.6.